The van der Waals surface area contributed by atoms with Crippen molar-refractivity contribution in [1.82, 2.24) is 15.6 Å². The van der Waals surface area contributed by atoms with Gasteiger partial charge in [-0.05, 0) is 43.0 Å². The van der Waals surface area contributed by atoms with Crippen molar-refractivity contribution in [3.8, 4) is 0 Å². The van der Waals surface area contributed by atoms with Crippen LogP contribution in [0.2, 0.25) is 0 Å². The Hall–Kier alpha value is -2.76. The van der Waals surface area contributed by atoms with Gasteiger partial charge in [0.1, 0.15) is 11.5 Å². The predicted octanol–water partition coefficient (Wildman–Crippen LogP) is 3.65. The number of hydrogen-bond acceptors (Lipinski definition) is 3. The van der Waals surface area contributed by atoms with Gasteiger partial charge < -0.3 is 10.6 Å². The molecule has 0 bridgehead atoms. The Morgan fingerprint density at radius 1 is 1.04 bits per heavy atom. The van der Waals surface area contributed by atoms with Crippen LogP contribution in [0.25, 0.3) is 0 Å². The van der Waals surface area contributed by atoms with Crippen LogP contribution in [0.3, 0.4) is 0 Å². The third-order valence-corrected chi connectivity index (χ3v) is 5.08. The highest BCUT2D eigenvalue weighted by atomic mass is 19.1. The summed E-state index contributed by atoms with van der Waals surface area (Å²) in [5, 5.41) is 5.80. The summed E-state index contributed by atoms with van der Waals surface area (Å²) in [4.78, 5) is 29.0. The molecule has 0 saturated heterocycles. The molecule has 2 aromatic rings. The highest BCUT2D eigenvalue weighted by Gasteiger charge is 2.17. The van der Waals surface area contributed by atoms with Gasteiger partial charge in [-0.1, -0.05) is 43.9 Å². The van der Waals surface area contributed by atoms with Crippen LogP contribution < -0.4 is 10.6 Å². The minimum absolute atomic E-state index is 0.176. The molecule has 2 amide bonds. The molecule has 0 atom stereocenters. The first-order valence-corrected chi connectivity index (χ1v) is 9.92. The molecule has 1 heterocycles. The van der Waals surface area contributed by atoms with E-state index >= 15 is 0 Å². The monoisotopic (exact) mass is 383 g/mol. The van der Waals surface area contributed by atoms with Gasteiger partial charge in [0.05, 0.1) is 0 Å². The minimum Gasteiger partial charge on any atom is -0.352 e. The number of nitrogens with zero attached hydrogens (tertiary/aromatic N) is 1. The fraction of sp³-hybridized carbons (Fsp3) is 0.409. The molecule has 1 fully saturated rings. The van der Waals surface area contributed by atoms with Crippen LogP contribution in [0, 0.1) is 5.82 Å². The number of aromatic nitrogens is 1. The predicted molar refractivity (Wildman–Crippen MR) is 106 cm³/mol. The molecule has 1 aromatic heterocycles. The molecule has 1 aliphatic carbocycles. The highest BCUT2D eigenvalue weighted by Crippen LogP contribution is 2.17. The zero-order valence-corrected chi connectivity index (χ0v) is 15.9. The van der Waals surface area contributed by atoms with Crippen molar-refractivity contribution in [1.29, 1.82) is 0 Å². The van der Waals surface area contributed by atoms with Crippen molar-refractivity contribution in [2.24, 2.45) is 0 Å². The van der Waals surface area contributed by atoms with Crippen LogP contribution in [-0.4, -0.2) is 29.4 Å². The Labute approximate surface area is 164 Å². The van der Waals surface area contributed by atoms with E-state index in [9.17, 15) is 14.0 Å². The SMILES string of the molecule is O=C(NCCc1ccccc1F)c1ccnc(C(=O)NC2CCCCCC2)c1. The molecule has 5 nitrogen and oxygen atoms in total. The summed E-state index contributed by atoms with van der Waals surface area (Å²) in [5.74, 6) is -0.826. The first-order valence-electron chi connectivity index (χ1n) is 9.92. The van der Waals surface area contributed by atoms with Gasteiger partial charge in [0.2, 0.25) is 0 Å². The Bertz CT molecular complexity index is 817. The number of halogens is 1. The van der Waals surface area contributed by atoms with Gasteiger partial charge >= 0.3 is 0 Å². The molecule has 1 saturated carbocycles. The van der Waals surface area contributed by atoms with Crippen LogP contribution in [0.1, 0.15) is 64.9 Å². The standard InChI is InChI=1S/C22H26FN3O2/c23-19-10-6-5-7-16(19)11-14-25-21(27)17-12-13-24-20(15-17)22(28)26-18-8-3-1-2-4-9-18/h5-7,10,12-13,15,18H,1-4,8-9,11,14H2,(H,25,27)(H,26,28). The van der Waals surface area contributed by atoms with Crippen molar-refractivity contribution in [2.75, 3.05) is 6.54 Å². The molecule has 1 aliphatic rings. The zero-order valence-electron chi connectivity index (χ0n) is 15.9. The number of rotatable bonds is 6. The normalized spacial score (nSPS) is 14.9. The summed E-state index contributed by atoms with van der Waals surface area (Å²) in [6.45, 7) is 0.311. The molecule has 28 heavy (non-hydrogen) atoms. The minimum atomic E-state index is -0.303. The van der Waals surface area contributed by atoms with E-state index in [2.05, 4.69) is 15.6 Å². The van der Waals surface area contributed by atoms with E-state index < -0.39 is 0 Å². The van der Waals surface area contributed by atoms with Crippen molar-refractivity contribution >= 4 is 11.8 Å². The average Bonchev–Trinajstić information content (AvgIpc) is 2.98. The highest BCUT2D eigenvalue weighted by molar-refractivity contribution is 5.98. The molecule has 2 N–H and O–H groups in total. The number of hydrogen-bond donors (Lipinski definition) is 2. The maximum absolute atomic E-state index is 13.6. The van der Waals surface area contributed by atoms with Gasteiger partial charge in [0, 0.05) is 24.3 Å². The Kier molecular flexibility index (Phi) is 7.12. The van der Waals surface area contributed by atoms with Crippen molar-refractivity contribution < 1.29 is 14.0 Å². The van der Waals surface area contributed by atoms with Crippen molar-refractivity contribution in [2.45, 2.75) is 51.0 Å². The third-order valence-electron chi connectivity index (χ3n) is 5.08. The second kappa shape index (κ2) is 9.97. The summed E-state index contributed by atoms with van der Waals surface area (Å²) < 4.78 is 13.6. The molecule has 0 spiro atoms. The first kappa shape index (κ1) is 20.0. The summed E-state index contributed by atoms with van der Waals surface area (Å²) in [5.41, 5.74) is 1.17. The third kappa shape index (κ3) is 5.62. The van der Waals surface area contributed by atoms with Crippen LogP contribution in [0.5, 0.6) is 0 Å². The fourth-order valence-electron chi connectivity index (χ4n) is 3.49. The first-order chi connectivity index (χ1) is 13.6. The maximum Gasteiger partial charge on any atom is 0.270 e. The number of amides is 2. The quantitative estimate of drug-likeness (QED) is 0.748. The molecule has 0 aliphatic heterocycles. The molecule has 0 radical (unpaired) electrons. The molecule has 6 heteroatoms. The summed E-state index contributed by atoms with van der Waals surface area (Å²) in [6.07, 6.45) is 8.53. The zero-order chi connectivity index (χ0) is 19.8. The largest absolute Gasteiger partial charge is 0.352 e. The topological polar surface area (TPSA) is 71.1 Å². The molecule has 1 aromatic carbocycles. The molecular weight excluding hydrogens is 357 g/mol. The van der Waals surface area contributed by atoms with Crippen LogP contribution in [0.15, 0.2) is 42.6 Å². The molecule has 0 unspecified atom stereocenters. The average molecular weight is 383 g/mol. The number of nitrogens with one attached hydrogen (secondary N) is 2. The van der Waals surface area contributed by atoms with Gasteiger partial charge in [-0.25, -0.2) is 4.39 Å². The van der Waals surface area contributed by atoms with Crippen LogP contribution in [-0.2, 0) is 6.42 Å². The molecule has 3 rings (SSSR count). The van der Waals surface area contributed by atoms with Gasteiger partial charge in [0.25, 0.3) is 11.8 Å². The Morgan fingerprint density at radius 3 is 2.54 bits per heavy atom. The lowest BCUT2D eigenvalue weighted by Gasteiger charge is -2.16. The number of pyridine rings is 1. The maximum atomic E-state index is 13.6. The van der Waals surface area contributed by atoms with E-state index in [1.165, 1.54) is 31.2 Å². The lowest BCUT2D eigenvalue weighted by molar-refractivity contribution is 0.0928. The lowest BCUT2D eigenvalue weighted by Crippen LogP contribution is -2.35. The summed E-state index contributed by atoms with van der Waals surface area (Å²) in [6, 6.07) is 9.75. The van der Waals surface area contributed by atoms with E-state index in [4.69, 9.17) is 0 Å². The second-order valence-corrected chi connectivity index (χ2v) is 7.19. The van der Waals surface area contributed by atoms with E-state index in [1.54, 1.807) is 24.3 Å². The Balaban J connectivity index is 1.55. The van der Waals surface area contributed by atoms with Crippen LogP contribution in [0.4, 0.5) is 4.39 Å². The fourth-order valence-corrected chi connectivity index (χ4v) is 3.49. The van der Waals surface area contributed by atoms with Gasteiger partial charge in [-0.15, -0.1) is 0 Å². The van der Waals surface area contributed by atoms with Gasteiger partial charge in [-0.2, -0.15) is 0 Å². The van der Waals surface area contributed by atoms with Gasteiger partial charge in [-0.3, -0.25) is 14.6 Å². The summed E-state index contributed by atoms with van der Waals surface area (Å²) >= 11 is 0. The van der Waals surface area contributed by atoms with Crippen molar-refractivity contribution in [3.63, 3.8) is 0 Å². The molecular formula is C22H26FN3O2. The molecule has 148 valence electrons. The van der Waals surface area contributed by atoms with Crippen LogP contribution >= 0.6 is 0 Å². The van der Waals surface area contributed by atoms with E-state index in [0.29, 0.717) is 24.1 Å². The number of carbonyl (C=O) groups is 2. The van der Waals surface area contributed by atoms with Gasteiger partial charge in [0.15, 0.2) is 0 Å². The van der Waals surface area contributed by atoms with Crippen molar-refractivity contribution in [3.05, 3.63) is 65.2 Å². The lowest BCUT2D eigenvalue weighted by atomic mass is 10.1. The smallest absolute Gasteiger partial charge is 0.270 e. The number of carbonyl (C=O) groups excluding carboxylic acids is 2. The summed E-state index contributed by atoms with van der Waals surface area (Å²) in [7, 11) is 0. The van der Waals surface area contributed by atoms with E-state index in [0.717, 1.165) is 25.7 Å². The Morgan fingerprint density at radius 2 is 1.79 bits per heavy atom. The number of benzene rings is 1. The van der Waals surface area contributed by atoms with E-state index in [1.807, 2.05) is 0 Å². The second-order valence-electron chi connectivity index (χ2n) is 7.19. The van der Waals surface area contributed by atoms with E-state index in [-0.39, 0.29) is 29.4 Å².